The second-order valence-corrected chi connectivity index (χ2v) is 10.1. The highest BCUT2D eigenvalue weighted by Crippen LogP contribution is 2.30. The summed E-state index contributed by atoms with van der Waals surface area (Å²) in [6, 6.07) is 26.6. The summed E-state index contributed by atoms with van der Waals surface area (Å²) in [5, 5.41) is 3.11. The summed E-state index contributed by atoms with van der Waals surface area (Å²) in [7, 11) is 0. The van der Waals surface area contributed by atoms with Crippen LogP contribution in [0.3, 0.4) is 0 Å². The number of carbonyl (C=O) groups excluding carboxylic acids is 1. The van der Waals surface area contributed by atoms with Crippen LogP contribution in [-0.4, -0.2) is 37.0 Å². The Morgan fingerprint density at radius 2 is 1.62 bits per heavy atom. The van der Waals surface area contributed by atoms with Gasteiger partial charge in [0, 0.05) is 43.1 Å². The van der Waals surface area contributed by atoms with E-state index in [1.165, 1.54) is 11.3 Å². The lowest BCUT2D eigenvalue weighted by Gasteiger charge is -2.35. The molecular weight excluding hydrogens is 458 g/mol. The van der Waals surface area contributed by atoms with Crippen LogP contribution in [-0.2, 0) is 6.54 Å². The van der Waals surface area contributed by atoms with E-state index in [-0.39, 0.29) is 5.91 Å². The minimum Gasteiger partial charge on any atom is -0.468 e. The zero-order chi connectivity index (χ0) is 25.8. The van der Waals surface area contributed by atoms with Crippen molar-refractivity contribution >= 4 is 17.3 Å². The molecule has 5 heteroatoms. The fraction of sp³-hybridized carbons (Fsp3) is 0.281. The lowest BCUT2D eigenvalue weighted by atomic mass is 9.92. The fourth-order valence-electron chi connectivity index (χ4n) is 5.02. The lowest BCUT2D eigenvalue weighted by molar-refractivity contribution is 0.102. The molecule has 4 aromatic rings. The predicted molar refractivity (Wildman–Crippen MR) is 151 cm³/mol. The second-order valence-electron chi connectivity index (χ2n) is 10.1. The van der Waals surface area contributed by atoms with Crippen LogP contribution in [0.4, 0.5) is 11.4 Å². The molecule has 5 nitrogen and oxygen atoms in total. The number of furan rings is 1. The minimum atomic E-state index is -0.0917. The summed E-state index contributed by atoms with van der Waals surface area (Å²) in [6.07, 6.45) is 1.73. The molecule has 0 aliphatic carbocycles. The van der Waals surface area contributed by atoms with Crippen LogP contribution in [0.2, 0.25) is 0 Å². The van der Waals surface area contributed by atoms with Gasteiger partial charge in [-0.1, -0.05) is 50.2 Å². The molecule has 1 aliphatic rings. The van der Waals surface area contributed by atoms with E-state index in [0.717, 1.165) is 60.9 Å². The van der Waals surface area contributed by atoms with Gasteiger partial charge < -0.3 is 14.6 Å². The van der Waals surface area contributed by atoms with Gasteiger partial charge in [0.2, 0.25) is 0 Å². The van der Waals surface area contributed by atoms with E-state index in [2.05, 4.69) is 78.4 Å². The van der Waals surface area contributed by atoms with Gasteiger partial charge in [0.25, 0.3) is 5.91 Å². The van der Waals surface area contributed by atoms with Gasteiger partial charge in [0.15, 0.2) is 0 Å². The predicted octanol–water partition coefficient (Wildman–Crippen LogP) is 6.95. The quantitative estimate of drug-likeness (QED) is 0.303. The van der Waals surface area contributed by atoms with E-state index in [1.807, 2.05) is 36.4 Å². The monoisotopic (exact) mass is 493 g/mol. The van der Waals surface area contributed by atoms with Crippen molar-refractivity contribution in [2.75, 3.05) is 36.4 Å². The summed E-state index contributed by atoms with van der Waals surface area (Å²) in [5.74, 6) is 1.39. The summed E-state index contributed by atoms with van der Waals surface area (Å²) >= 11 is 0. The van der Waals surface area contributed by atoms with Crippen molar-refractivity contribution in [3.63, 3.8) is 0 Å². The van der Waals surface area contributed by atoms with Crippen LogP contribution in [0.25, 0.3) is 11.1 Å². The lowest BCUT2D eigenvalue weighted by Crippen LogP contribution is -2.45. The molecule has 0 radical (unpaired) electrons. The smallest absolute Gasteiger partial charge is 0.256 e. The van der Waals surface area contributed by atoms with Gasteiger partial charge in [-0.05, 0) is 77.6 Å². The average Bonchev–Trinajstić information content (AvgIpc) is 3.43. The molecule has 1 saturated heterocycles. The first-order valence-electron chi connectivity index (χ1n) is 13.1. The average molecular weight is 494 g/mol. The summed E-state index contributed by atoms with van der Waals surface area (Å²) in [6.45, 7) is 11.2. The summed E-state index contributed by atoms with van der Waals surface area (Å²) < 4.78 is 5.49. The molecule has 0 spiro atoms. The molecule has 37 heavy (non-hydrogen) atoms. The molecule has 0 bridgehead atoms. The highest BCUT2D eigenvalue weighted by Gasteiger charge is 2.19. The third-order valence-electron chi connectivity index (χ3n) is 7.21. The van der Waals surface area contributed by atoms with Crippen molar-refractivity contribution in [2.45, 2.75) is 33.2 Å². The first-order chi connectivity index (χ1) is 18.0. The van der Waals surface area contributed by atoms with Crippen molar-refractivity contribution in [1.82, 2.24) is 4.90 Å². The normalized spacial score (nSPS) is 14.2. The Bertz CT molecular complexity index is 1320. The van der Waals surface area contributed by atoms with Gasteiger partial charge in [-0.25, -0.2) is 0 Å². The Morgan fingerprint density at radius 1 is 0.892 bits per heavy atom. The van der Waals surface area contributed by atoms with Gasteiger partial charge in [0.05, 0.1) is 12.8 Å². The van der Waals surface area contributed by atoms with E-state index >= 15 is 0 Å². The number of nitrogens with zero attached hydrogens (tertiary/aromatic N) is 2. The maximum atomic E-state index is 13.4. The number of nitrogens with one attached hydrogen (secondary N) is 1. The van der Waals surface area contributed by atoms with Gasteiger partial charge in [-0.2, -0.15) is 0 Å². The highest BCUT2D eigenvalue weighted by molar-refractivity contribution is 6.09. The van der Waals surface area contributed by atoms with E-state index in [4.69, 9.17) is 4.42 Å². The first kappa shape index (κ1) is 24.8. The Hall–Kier alpha value is -3.83. The fourth-order valence-corrected chi connectivity index (χ4v) is 5.02. The molecule has 1 aliphatic heterocycles. The molecule has 5 rings (SSSR count). The Balaban J connectivity index is 1.24. The van der Waals surface area contributed by atoms with Crippen molar-refractivity contribution < 1.29 is 9.21 Å². The zero-order valence-corrected chi connectivity index (χ0v) is 21.9. The number of amides is 1. The van der Waals surface area contributed by atoms with Gasteiger partial charge in [-0.3, -0.25) is 9.69 Å². The van der Waals surface area contributed by atoms with Crippen LogP contribution in [0.1, 0.15) is 47.0 Å². The zero-order valence-electron chi connectivity index (χ0n) is 21.9. The molecule has 2 heterocycles. The number of anilines is 2. The summed E-state index contributed by atoms with van der Waals surface area (Å²) in [4.78, 5) is 18.2. The number of aryl methyl sites for hydroxylation is 1. The van der Waals surface area contributed by atoms with Crippen molar-refractivity contribution in [3.05, 3.63) is 108 Å². The molecule has 0 saturated carbocycles. The van der Waals surface area contributed by atoms with Gasteiger partial charge in [0.1, 0.15) is 5.76 Å². The van der Waals surface area contributed by atoms with Crippen LogP contribution in [0, 0.1) is 6.92 Å². The second kappa shape index (κ2) is 11.1. The van der Waals surface area contributed by atoms with Crippen LogP contribution in [0.5, 0.6) is 0 Å². The van der Waals surface area contributed by atoms with Crippen LogP contribution < -0.4 is 10.2 Å². The number of piperazine rings is 1. The van der Waals surface area contributed by atoms with Crippen LogP contribution >= 0.6 is 0 Å². The molecule has 3 aromatic carbocycles. The van der Waals surface area contributed by atoms with Crippen molar-refractivity contribution in [2.24, 2.45) is 0 Å². The van der Waals surface area contributed by atoms with E-state index in [9.17, 15) is 4.79 Å². The summed E-state index contributed by atoms with van der Waals surface area (Å²) in [5.41, 5.74) is 7.10. The molecule has 1 amide bonds. The first-order valence-corrected chi connectivity index (χ1v) is 13.1. The third-order valence-corrected chi connectivity index (χ3v) is 7.21. The van der Waals surface area contributed by atoms with E-state index < -0.39 is 0 Å². The topological polar surface area (TPSA) is 48.7 Å². The van der Waals surface area contributed by atoms with E-state index in [1.54, 1.807) is 6.26 Å². The van der Waals surface area contributed by atoms with E-state index in [0.29, 0.717) is 11.5 Å². The SMILES string of the molecule is Cc1cccc(C(=O)Nc2ccc(N3CCN(Cc4ccco4)CC3)cc2)c1-c1ccc(C(C)C)cc1. The molecule has 1 fully saturated rings. The number of benzene rings is 3. The highest BCUT2D eigenvalue weighted by atomic mass is 16.3. The maximum absolute atomic E-state index is 13.4. The molecule has 1 aromatic heterocycles. The largest absolute Gasteiger partial charge is 0.468 e. The van der Waals surface area contributed by atoms with Crippen LogP contribution in [0.15, 0.2) is 89.5 Å². The third kappa shape index (κ3) is 5.78. The minimum absolute atomic E-state index is 0.0917. The Kier molecular flexibility index (Phi) is 7.42. The standard InChI is InChI=1S/C32H35N3O2/c1-23(2)25-9-11-26(12-10-25)31-24(3)6-4-8-30(31)32(36)33-27-13-15-28(16-14-27)35-19-17-34(18-20-35)22-29-7-5-21-37-29/h4-16,21,23H,17-20,22H2,1-3H3,(H,33,36). The number of hydrogen-bond donors (Lipinski definition) is 1. The number of rotatable bonds is 7. The molecule has 1 N–H and O–H groups in total. The van der Waals surface area contributed by atoms with Crippen molar-refractivity contribution in [1.29, 1.82) is 0 Å². The molecular formula is C32H35N3O2. The van der Waals surface area contributed by atoms with Gasteiger partial charge in [-0.15, -0.1) is 0 Å². The van der Waals surface area contributed by atoms with Crippen molar-refractivity contribution in [3.8, 4) is 11.1 Å². The Labute approximate surface area is 219 Å². The molecule has 0 unspecified atom stereocenters. The maximum Gasteiger partial charge on any atom is 0.256 e. The van der Waals surface area contributed by atoms with Gasteiger partial charge >= 0.3 is 0 Å². The number of carbonyl (C=O) groups is 1. The molecule has 0 atom stereocenters. The number of hydrogen-bond acceptors (Lipinski definition) is 4. The molecule has 190 valence electrons. The Morgan fingerprint density at radius 3 is 2.27 bits per heavy atom.